The van der Waals surface area contributed by atoms with Gasteiger partial charge in [0.1, 0.15) is 0 Å². The molecule has 0 N–H and O–H groups in total. The SMILES string of the molecule is C=C(C)c1ccccc1B1c2cc(C)ccc2N(c2ccc(C)cc2)c2ccc(C)cc21. The van der Waals surface area contributed by atoms with Gasteiger partial charge in [-0.1, -0.05) is 95.0 Å². The molecule has 32 heavy (non-hydrogen) atoms. The number of rotatable bonds is 3. The summed E-state index contributed by atoms with van der Waals surface area (Å²) in [7, 11) is 0. The number of benzene rings is 4. The molecular weight excluding hydrogens is 385 g/mol. The van der Waals surface area contributed by atoms with Gasteiger partial charge >= 0.3 is 0 Å². The second kappa shape index (κ2) is 7.87. The second-order valence-corrected chi connectivity index (χ2v) is 9.10. The Hall–Kier alpha value is -3.52. The number of nitrogens with zero attached hydrogens (tertiary/aromatic N) is 1. The van der Waals surface area contributed by atoms with E-state index in [-0.39, 0.29) is 6.71 Å². The summed E-state index contributed by atoms with van der Waals surface area (Å²) in [6, 6.07) is 31.3. The Morgan fingerprint density at radius 2 is 1.19 bits per heavy atom. The quantitative estimate of drug-likeness (QED) is 0.331. The molecule has 4 aromatic rings. The molecule has 0 spiro atoms. The van der Waals surface area contributed by atoms with E-state index in [1.165, 1.54) is 55.7 Å². The number of hydrogen-bond acceptors (Lipinski definition) is 1. The molecular formula is C30H28BN. The highest BCUT2D eigenvalue weighted by Gasteiger charge is 2.36. The van der Waals surface area contributed by atoms with Crippen molar-refractivity contribution in [3.8, 4) is 0 Å². The summed E-state index contributed by atoms with van der Waals surface area (Å²) in [6.45, 7) is 13.1. The van der Waals surface area contributed by atoms with Crippen LogP contribution in [0.5, 0.6) is 0 Å². The maximum atomic E-state index is 4.29. The standard InChI is InChI=1S/C30H28BN/c1-20(2)25-8-6-7-9-26(25)31-27-18-22(4)12-16-29(27)32(24-14-10-21(3)11-15-24)30-17-13-23(5)19-28(30)31/h6-19H,1H2,2-5H3. The lowest BCUT2D eigenvalue weighted by atomic mass is 9.34. The van der Waals surface area contributed by atoms with Crippen LogP contribution in [0, 0.1) is 20.8 Å². The molecule has 0 saturated carbocycles. The molecule has 0 aromatic heterocycles. The first-order valence-corrected chi connectivity index (χ1v) is 11.3. The van der Waals surface area contributed by atoms with Crippen LogP contribution in [0.15, 0.2) is 91.5 Å². The molecule has 0 atom stereocenters. The van der Waals surface area contributed by atoms with Crippen molar-refractivity contribution in [3.63, 3.8) is 0 Å². The molecule has 0 saturated heterocycles. The van der Waals surface area contributed by atoms with Gasteiger partial charge in [-0.25, -0.2) is 0 Å². The normalized spacial score (nSPS) is 12.4. The fourth-order valence-electron chi connectivity index (χ4n) is 4.96. The Balaban J connectivity index is 1.84. The summed E-state index contributed by atoms with van der Waals surface area (Å²) in [5.41, 5.74) is 13.9. The molecule has 1 nitrogen and oxygen atoms in total. The van der Waals surface area contributed by atoms with E-state index in [0.717, 1.165) is 5.57 Å². The third-order valence-electron chi connectivity index (χ3n) is 6.49. The van der Waals surface area contributed by atoms with Gasteiger partial charge < -0.3 is 4.90 Å². The number of allylic oxidation sites excluding steroid dienone is 1. The molecule has 0 radical (unpaired) electrons. The van der Waals surface area contributed by atoms with Crippen LogP contribution in [0.4, 0.5) is 17.1 Å². The predicted molar refractivity (Wildman–Crippen MR) is 141 cm³/mol. The van der Waals surface area contributed by atoms with E-state index in [0.29, 0.717) is 0 Å². The van der Waals surface area contributed by atoms with Crippen LogP contribution < -0.4 is 21.3 Å². The lowest BCUT2D eigenvalue weighted by Gasteiger charge is -2.38. The predicted octanol–water partition coefficient (Wildman–Crippen LogP) is 5.94. The zero-order valence-corrected chi connectivity index (χ0v) is 19.3. The Kier molecular flexibility index (Phi) is 5.02. The Bertz CT molecular complexity index is 1280. The molecule has 1 aliphatic rings. The Morgan fingerprint density at radius 3 is 1.75 bits per heavy atom. The van der Waals surface area contributed by atoms with Crippen LogP contribution in [0.3, 0.4) is 0 Å². The van der Waals surface area contributed by atoms with Crippen molar-refractivity contribution in [2.45, 2.75) is 27.7 Å². The lowest BCUT2D eigenvalue weighted by Crippen LogP contribution is -2.58. The van der Waals surface area contributed by atoms with Crippen molar-refractivity contribution in [2.24, 2.45) is 0 Å². The molecule has 0 unspecified atom stereocenters. The minimum atomic E-state index is 0.161. The van der Waals surface area contributed by atoms with Crippen LogP contribution in [-0.4, -0.2) is 6.71 Å². The number of anilines is 3. The van der Waals surface area contributed by atoms with Crippen LogP contribution in [0.1, 0.15) is 29.2 Å². The molecule has 2 heteroatoms. The molecule has 0 bridgehead atoms. The Morgan fingerprint density at radius 1 is 0.656 bits per heavy atom. The monoisotopic (exact) mass is 413 g/mol. The summed E-state index contributed by atoms with van der Waals surface area (Å²) < 4.78 is 0. The lowest BCUT2D eigenvalue weighted by molar-refractivity contribution is 1.27. The summed E-state index contributed by atoms with van der Waals surface area (Å²) in [4.78, 5) is 2.42. The van der Waals surface area contributed by atoms with Crippen molar-refractivity contribution in [3.05, 3.63) is 114 Å². The van der Waals surface area contributed by atoms with Crippen molar-refractivity contribution in [2.75, 3.05) is 4.90 Å². The maximum Gasteiger partial charge on any atom is 0.247 e. The highest BCUT2D eigenvalue weighted by Crippen LogP contribution is 2.36. The summed E-state index contributed by atoms with van der Waals surface area (Å²) >= 11 is 0. The summed E-state index contributed by atoms with van der Waals surface area (Å²) in [5.74, 6) is 0. The highest BCUT2D eigenvalue weighted by atomic mass is 15.1. The van der Waals surface area contributed by atoms with E-state index in [2.05, 4.69) is 124 Å². The van der Waals surface area contributed by atoms with Crippen molar-refractivity contribution < 1.29 is 0 Å². The van der Waals surface area contributed by atoms with Gasteiger partial charge in [0.25, 0.3) is 0 Å². The van der Waals surface area contributed by atoms with Gasteiger partial charge in [0.15, 0.2) is 0 Å². The van der Waals surface area contributed by atoms with Gasteiger partial charge in [-0.2, -0.15) is 0 Å². The summed E-state index contributed by atoms with van der Waals surface area (Å²) in [6.07, 6.45) is 0. The topological polar surface area (TPSA) is 3.24 Å². The van der Waals surface area contributed by atoms with E-state index in [9.17, 15) is 0 Å². The summed E-state index contributed by atoms with van der Waals surface area (Å²) in [5, 5.41) is 0. The van der Waals surface area contributed by atoms with Crippen molar-refractivity contribution in [1.82, 2.24) is 0 Å². The average Bonchev–Trinajstić information content (AvgIpc) is 2.78. The van der Waals surface area contributed by atoms with E-state index in [4.69, 9.17) is 0 Å². The third-order valence-corrected chi connectivity index (χ3v) is 6.49. The maximum absolute atomic E-state index is 4.29. The fourth-order valence-corrected chi connectivity index (χ4v) is 4.96. The smallest absolute Gasteiger partial charge is 0.247 e. The van der Waals surface area contributed by atoms with Crippen LogP contribution in [-0.2, 0) is 0 Å². The van der Waals surface area contributed by atoms with Crippen LogP contribution >= 0.6 is 0 Å². The van der Waals surface area contributed by atoms with E-state index < -0.39 is 0 Å². The fraction of sp³-hybridized carbons (Fsp3) is 0.133. The highest BCUT2D eigenvalue weighted by molar-refractivity contribution is 6.98. The van der Waals surface area contributed by atoms with E-state index >= 15 is 0 Å². The van der Waals surface area contributed by atoms with Crippen molar-refractivity contribution in [1.29, 1.82) is 0 Å². The number of hydrogen-bond donors (Lipinski definition) is 0. The molecule has 4 aromatic carbocycles. The minimum absolute atomic E-state index is 0.161. The van der Waals surface area contributed by atoms with E-state index in [1.54, 1.807) is 0 Å². The zero-order valence-electron chi connectivity index (χ0n) is 19.3. The Labute approximate surface area is 192 Å². The average molecular weight is 413 g/mol. The second-order valence-electron chi connectivity index (χ2n) is 9.10. The molecule has 156 valence electrons. The molecule has 1 heterocycles. The molecule has 0 fully saturated rings. The van der Waals surface area contributed by atoms with Gasteiger partial charge in [-0.05, 0) is 68.4 Å². The first kappa shape index (κ1) is 20.4. The van der Waals surface area contributed by atoms with Crippen LogP contribution in [0.25, 0.3) is 5.57 Å². The molecule has 0 aliphatic carbocycles. The van der Waals surface area contributed by atoms with Crippen molar-refractivity contribution >= 4 is 45.7 Å². The third kappa shape index (κ3) is 3.37. The molecule has 1 aliphatic heterocycles. The number of aryl methyl sites for hydroxylation is 3. The molecule has 0 amide bonds. The largest absolute Gasteiger partial charge is 0.312 e. The molecule has 5 rings (SSSR count). The van der Waals surface area contributed by atoms with Crippen LogP contribution in [0.2, 0.25) is 0 Å². The first-order chi connectivity index (χ1) is 15.4. The number of fused-ring (bicyclic) bond motifs is 2. The van der Waals surface area contributed by atoms with Gasteiger partial charge in [-0.15, -0.1) is 0 Å². The van der Waals surface area contributed by atoms with Gasteiger partial charge in [0, 0.05) is 17.1 Å². The van der Waals surface area contributed by atoms with E-state index in [1.807, 2.05) is 0 Å². The van der Waals surface area contributed by atoms with Gasteiger partial charge in [-0.3, -0.25) is 0 Å². The first-order valence-electron chi connectivity index (χ1n) is 11.3. The zero-order chi connectivity index (χ0) is 22.4. The minimum Gasteiger partial charge on any atom is -0.312 e. The van der Waals surface area contributed by atoms with Gasteiger partial charge in [0.05, 0.1) is 0 Å². The van der Waals surface area contributed by atoms with Gasteiger partial charge in [0.2, 0.25) is 6.71 Å².